The molecule has 24 heavy (non-hydrogen) atoms. The van der Waals surface area contributed by atoms with E-state index in [9.17, 15) is 18.0 Å². The van der Waals surface area contributed by atoms with Crippen molar-refractivity contribution in [1.82, 2.24) is 4.72 Å². The smallest absolute Gasteiger partial charge is 0.236 e. The van der Waals surface area contributed by atoms with Crippen molar-refractivity contribution in [2.75, 3.05) is 5.75 Å². The van der Waals surface area contributed by atoms with Gasteiger partial charge in [0.05, 0.1) is 5.75 Å². The van der Waals surface area contributed by atoms with Gasteiger partial charge in [0.1, 0.15) is 5.78 Å². The second-order valence-corrected chi connectivity index (χ2v) is 8.76. The molecule has 0 heterocycles. The van der Waals surface area contributed by atoms with Crippen LogP contribution in [0.3, 0.4) is 0 Å². The standard InChI is InChI=1S/C18H23NO4S/c20-17-14-7-4-8-15(17)12-16(11-14)18(21)19-24(22,23)10-9-13-5-2-1-3-6-13/h1-3,5-6,14-16H,4,7-12H2,(H,19,21). The van der Waals surface area contributed by atoms with E-state index in [0.717, 1.165) is 24.8 Å². The van der Waals surface area contributed by atoms with Crippen LogP contribution in [0, 0.1) is 17.8 Å². The average molecular weight is 349 g/mol. The monoisotopic (exact) mass is 349 g/mol. The molecule has 1 amide bonds. The molecule has 2 bridgehead atoms. The van der Waals surface area contributed by atoms with Crippen LogP contribution in [0.5, 0.6) is 0 Å². The van der Waals surface area contributed by atoms with Crippen molar-refractivity contribution < 1.29 is 18.0 Å². The lowest BCUT2D eigenvalue weighted by atomic mass is 9.67. The number of hydrogen-bond acceptors (Lipinski definition) is 4. The molecule has 2 saturated carbocycles. The maximum atomic E-state index is 12.4. The Morgan fingerprint density at radius 2 is 1.71 bits per heavy atom. The van der Waals surface area contributed by atoms with Crippen LogP contribution in [-0.4, -0.2) is 25.9 Å². The zero-order valence-electron chi connectivity index (χ0n) is 13.6. The van der Waals surface area contributed by atoms with E-state index in [1.807, 2.05) is 30.3 Å². The number of Topliss-reactive ketones (excluding diaryl/α,β-unsaturated/α-hetero) is 1. The molecule has 0 spiro atoms. The van der Waals surface area contributed by atoms with E-state index in [-0.39, 0.29) is 29.3 Å². The van der Waals surface area contributed by atoms with Gasteiger partial charge in [0.2, 0.25) is 15.9 Å². The largest absolute Gasteiger partial charge is 0.299 e. The van der Waals surface area contributed by atoms with Crippen LogP contribution in [-0.2, 0) is 26.0 Å². The summed E-state index contributed by atoms with van der Waals surface area (Å²) in [6.45, 7) is 0. The number of carbonyl (C=O) groups is 2. The third-order valence-corrected chi connectivity index (χ3v) is 6.43. The van der Waals surface area contributed by atoms with Gasteiger partial charge in [-0.1, -0.05) is 36.8 Å². The maximum absolute atomic E-state index is 12.4. The second kappa shape index (κ2) is 7.05. The molecule has 2 atom stereocenters. The van der Waals surface area contributed by atoms with Crippen molar-refractivity contribution in [2.24, 2.45) is 17.8 Å². The summed E-state index contributed by atoms with van der Waals surface area (Å²) >= 11 is 0. The van der Waals surface area contributed by atoms with Gasteiger partial charge in [-0.3, -0.25) is 14.3 Å². The molecule has 1 aromatic rings. The number of ketones is 1. The number of amides is 1. The Balaban J connectivity index is 1.56. The third kappa shape index (κ3) is 4.04. The van der Waals surface area contributed by atoms with Crippen LogP contribution >= 0.6 is 0 Å². The number of benzene rings is 1. The fourth-order valence-corrected chi connectivity index (χ4v) is 4.96. The molecule has 0 radical (unpaired) electrons. The normalized spacial score (nSPS) is 26.8. The molecule has 6 heteroatoms. The summed E-state index contributed by atoms with van der Waals surface area (Å²) < 4.78 is 26.6. The van der Waals surface area contributed by atoms with Crippen LogP contribution in [0.15, 0.2) is 30.3 Å². The Labute approximate surface area is 142 Å². The van der Waals surface area contributed by atoms with Crippen molar-refractivity contribution in [2.45, 2.75) is 38.5 Å². The van der Waals surface area contributed by atoms with E-state index in [0.29, 0.717) is 19.3 Å². The van der Waals surface area contributed by atoms with Crippen molar-refractivity contribution in [3.8, 4) is 0 Å². The van der Waals surface area contributed by atoms with E-state index >= 15 is 0 Å². The lowest BCUT2D eigenvalue weighted by Gasteiger charge is -2.36. The number of nitrogens with one attached hydrogen (secondary N) is 1. The van der Waals surface area contributed by atoms with Gasteiger partial charge in [-0.15, -0.1) is 0 Å². The number of carbonyl (C=O) groups excluding carboxylic acids is 2. The number of fused-ring (bicyclic) bond motifs is 2. The molecule has 3 rings (SSSR count). The minimum atomic E-state index is -3.65. The quantitative estimate of drug-likeness (QED) is 0.882. The molecular formula is C18H23NO4S. The van der Waals surface area contributed by atoms with E-state index in [1.165, 1.54) is 0 Å². The van der Waals surface area contributed by atoms with Gasteiger partial charge in [-0.2, -0.15) is 0 Å². The minimum Gasteiger partial charge on any atom is -0.299 e. The van der Waals surface area contributed by atoms with Gasteiger partial charge in [0.15, 0.2) is 0 Å². The number of rotatable bonds is 5. The number of sulfonamides is 1. The number of aryl methyl sites for hydroxylation is 1. The average Bonchev–Trinajstić information content (AvgIpc) is 2.53. The molecule has 5 nitrogen and oxygen atoms in total. The first kappa shape index (κ1) is 17.1. The maximum Gasteiger partial charge on any atom is 0.236 e. The van der Waals surface area contributed by atoms with Crippen LogP contribution in [0.25, 0.3) is 0 Å². The predicted octanol–water partition coefficient (Wildman–Crippen LogP) is 2.07. The van der Waals surface area contributed by atoms with Crippen LogP contribution in [0.4, 0.5) is 0 Å². The first-order valence-corrected chi connectivity index (χ1v) is 10.2. The van der Waals surface area contributed by atoms with Gasteiger partial charge in [-0.05, 0) is 37.7 Å². The Morgan fingerprint density at radius 3 is 2.33 bits per heavy atom. The van der Waals surface area contributed by atoms with Crippen molar-refractivity contribution in [1.29, 1.82) is 0 Å². The Hall–Kier alpha value is -1.69. The molecule has 130 valence electrons. The van der Waals surface area contributed by atoms with E-state index < -0.39 is 15.9 Å². The highest BCUT2D eigenvalue weighted by atomic mass is 32.2. The molecule has 2 fully saturated rings. The summed E-state index contributed by atoms with van der Waals surface area (Å²) in [5, 5.41) is 0. The molecule has 0 saturated heterocycles. The van der Waals surface area contributed by atoms with Crippen molar-refractivity contribution >= 4 is 21.7 Å². The zero-order valence-corrected chi connectivity index (χ0v) is 14.4. The summed E-state index contributed by atoms with van der Waals surface area (Å²) in [4.78, 5) is 24.4. The Morgan fingerprint density at radius 1 is 1.08 bits per heavy atom. The Kier molecular flexibility index (Phi) is 5.04. The fourth-order valence-electron chi connectivity index (χ4n) is 3.88. The lowest BCUT2D eigenvalue weighted by molar-refractivity contribution is -0.137. The Bertz CT molecular complexity index is 698. The zero-order chi connectivity index (χ0) is 17.2. The van der Waals surface area contributed by atoms with Gasteiger partial charge >= 0.3 is 0 Å². The van der Waals surface area contributed by atoms with Crippen LogP contribution in [0.2, 0.25) is 0 Å². The van der Waals surface area contributed by atoms with E-state index in [2.05, 4.69) is 4.72 Å². The summed E-state index contributed by atoms with van der Waals surface area (Å²) in [7, 11) is -3.65. The van der Waals surface area contributed by atoms with Crippen LogP contribution < -0.4 is 4.72 Å². The first-order valence-electron chi connectivity index (χ1n) is 8.56. The van der Waals surface area contributed by atoms with Crippen molar-refractivity contribution in [3.63, 3.8) is 0 Å². The van der Waals surface area contributed by atoms with Gasteiger partial charge in [0.25, 0.3) is 0 Å². The molecule has 0 aromatic heterocycles. The second-order valence-electron chi connectivity index (χ2n) is 6.92. The molecule has 2 aliphatic rings. The van der Waals surface area contributed by atoms with Gasteiger partial charge < -0.3 is 0 Å². The summed E-state index contributed by atoms with van der Waals surface area (Å²) in [5.74, 6) is -0.740. The first-order chi connectivity index (χ1) is 11.4. The predicted molar refractivity (Wildman–Crippen MR) is 90.6 cm³/mol. The highest BCUT2D eigenvalue weighted by molar-refractivity contribution is 7.90. The molecule has 2 aliphatic carbocycles. The lowest BCUT2D eigenvalue weighted by Crippen LogP contribution is -2.44. The highest BCUT2D eigenvalue weighted by Crippen LogP contribution is 2.40. The molecule has 0 aliphatic heterocycles. The summed E-state index contributed by atoms with van der Waals surface area (Å²) in [6.07, 6.45) is 4.06. The molecule has 1 N–H and O–H groups in total. The van der Waals surface area contributed by atoms with E-state index in [4.69, 9.17) is 0 Å². The van der Waals surface area contributed by atoms with Gasteiger partial charge in [0, 0.05) is 17.8 Å². The number of hydrogen-bond donors (Lipinski definition) is 1. The summed E-state index contributed by atoms with van der Waals surface area (Å²) in [6, 6.07) is 9.33. The molecule has 2 unspecified atom stereocenters. The summed E-state index contributed by atoms with van der Waals surface area (Å²) in [5.41, 5.74) is 0.924. The van der Waals surface area contributed by atoms with Crippen molar-refractivity contribution in [3.05, 3.63) is 35.9 Å². The topological polar surface area (TPSA) is 80.3 Å². The fraction of sp³-hybridized carbons (Fsp3) is 0.556. The third-order valence-electron chi connectivity index (χ3n) is 5.18. The minimum absolute atomic E-state index is 0.0553. The SMILES string of the molecule is O=C(NS(=O)(=O)CCc1ccccc1)C1CC2CCCC(C1)C2=O. The molecular weight excluding hydrogens is 326 g/mol. The highest BCUT2D eigenvalue weighted by Gasteiger charge is 2.41. The molecule has 1 aromatic carbocycles. The van der Waals surface area contributed by atoms with Gasteiger partial charge in [-0.25, -0.2) is 8.42 Å². The van der Waals surface area contributed by atoms with E-state index in [1.54, 1.807) is 0 Å². The van der Waals surface area contributed by atoms with Crippen LogP contribution in [0.1, 0.15) is 37.7 Å².